The average molecular weight is 288 g/mol. The number of likely N-dealkylation sites (N-methyl/N-ethyl adjacent to an activating group) is 1. The molecule has 1 aliphatic rings. The summed E-state index contributed by atoms with van der Waals surface area (Å²) in [6.45, 7) is 0. The topological polar surface area (TPSA) is 18.8 Å². The monoisotopic (exact) mass is 288 g/mol. The maximum atomic E-state index is 4.71. The molecule has 2 rings (SSSR count). The van der Waals surface area contributed by atoms with E-state index in [4.69, 9.17) is 4.99 Å². The van der Waals surface area contributed by atoms with E-state index in [-0.39, 0.29) is 0 Å². The fourth-order valence-corrected chi connectivity index (χ4v) is 2.28. The van der Waals surface area contributed by atoms with Crippen molar-refractivity contribution in [3.05, 3.63) is 42.1 Å². The van der Waals surface area contributed by atoms with Crippen molar-refractivity contribution in [2.45, 2.75) is 11.3 Å². The molecular weight excluding hydrogens is 266 g/mol. The zero-order valence-electron chi connectivity index (χ0n) is 12.5. The van der Waals surface area contributed by atoms with Gasteiger partial charge in [0.15, 0.2) is 4.90 Å². The first-order valence-electron chi connectivity index (χ1n) is 6.63. The molecule has 0 saturated carbocycles. The van der Waals surface area contributed by atoms with Gasteiger partial charge in [-0.1, -0.05) is 6.08 Å². The lowest BCUT2D eigenvalue weighted by Gasteiger charge is -2.17. The van der Waals surface area contributed by atoms with Gasteiger partial charge in [0, 0.05) is 57.8 Å². The van der Waals surface area contributed by atoms with Crippen LogP contribution >= 0.6 is 0 Å². The van der Waals surface area contributed by atoms with E-state index in [1.54, 1.807) is 0 Å². The average Bonchev–Trinajstić information content (AvgIpc) is 2.41. The predicted octanol–water partition coefficient (Wildman–Crippen LogP) is 2.60. The molecule has 0 fully saturated rings. The van der Waals surface area contributed by atoms with Crippen LogP contribution in [0, 0.1) is 0 Å². The van der Waals surface area contributed by atoms with Gasteiger partial charge in [-0.3, -0.25) is 0 Å². The van der Waals surface area contributed by atoms with Gasteiger partial charge in [-0.15, -0.1) is 0 Å². The summed E-state index contributed by atoms with van der Waals surface area (Å²) >= 11 is 3.65. The van der Waals surface area contributed by atoms with Crippen molar-refractivity contribution in [1.82, 2.24) is 4.90 Å². The van der Waals surface area contributed by atoms with E-state index >= 15 is 0 Å². The molecule has 3 nitrogen and oxygen atoms in total. The van der Waals surface area contributed by atoms with Crippen LogP contribution in [0.25, 0.3) is 0 Å². The second-order valence-corrected chi connectivity index (χ2v) is 5.80. The van der Waals surface area contributed by atoms with Gasteiger partial charge in [-0.05, 0) is 36.9 Å². The second kappa shape index (κ2) is 6.18. The first-order valence-corrected chi connectivity index (χ1v) is 7.13. The van der Waals surface area contributed by atoms with Crippen molar-refractivity contribution in [2.75, 3.05) is 33.1 Å². The SMILES string of the molecule is CN(C)C1=CCC(=Nc2ccc(N(C)C)cc2[SH2+])C=C1. The summed E-state index contributed by atoms with van der Waals surface area (Å²) in [7, 11) is 8.16. The van der Waals surface area contributed by atoms with Crippen molar-refractivity contribution in [3.8, 4) is 0 Å². The van der Waals surface area contributed by atoms with Crippen molar-refractivity contribution in [2.24, 2.45) is 4.99 Å². The van der Waals surface area contributed by atoms with Crippen molar-refractivity contribution in [3.63, 3.8) is 0 Å². The molecule has 0 radical (unpaired) electrons. The molecule has 0 saturated heterocycles. The maximum Gasteiger partial charge on any atom is 0.178 e. The maximum absolute atomic E-state index is 4.71. The molecule has 0 amide bonds. The Hall–Kier alpha value is -1.68. The molecular formula is C16H22N3S+. The van der Waals surface area contributed by atoms with Gasteiger partial charge >= 0.3 is 0 Å². The summed E-state index contributed by atoms with van der Waals surface area (Å²) in [5.41, 5.74) is 4.43. The van der Waals surface area contributed by atoms with Gasteiger partial charge in [0.05, 0.1) is 0 Å². The van der Waals surface area contributed by atoms with E-state index in [9.17, 15) is 0 Å². The molecule has 1 aromatic rings. The van der Waals surface area contributed by atoms with E-state index in [1.807, 2.05) is 20.2 Å². The minimum absolute atomic E-state index is 0.866. The van der Waals surface area contributed by atoms with Gasteiger partial charge in [0.25, 0.3) is 0 Å². The highest BCUT2D eigenvalue weighted by Crippen LogP contribution is 2.25. The van der Waals surface area contributed by atoms with E-state index in [0.717, 1.165) is 28.4 Å². The van der Waals surface area contributed by atoms with Gasteiger partial charge in [-0.25, -0.2) is 4.99 Å². The summed E-state index contributed by atoms with van der Waals surface area (Å²) in [5, 5.41) is 0. The van der Waals surface area contributed by atoms with Crippen LogP contribution in [0.1, 0.15) is 6.42 Å². The van der Waals surface area contributed by atoms with Crippen LogP contribution in [0.15, 0.2) is 52.0 Å². The van der Waals surface area contributed by atoms with Gasteiger partial charge in [-0.2, -0.15) is 0 Å². The largest absolute Gasteiger partial charge is 0.378 e. The highest BCUT2D eigenvalue weighted by molar-refractivity contribution is 7.59. The number of hydrogen-bond acceptors (Lipinski definition) is 3. The predicted molar refractivity (Wildman–Crippen MR) is 91.8 cm³/mol. The molecule has 0 atom stereocenters. The van der Waals surface area contributed by atoms with Crippen molar-refractivity contribution in [1.29, 1.82) is 0 Å². The third-order valence-electron chi connectivity index (χ3n) is 3.24. The highest BCUT2D eigenvalue weighted by Gasteiger charge is 2.08. The number of anilines is 1. The summed E-state index contributed by atoms with van der Waals surface area (Å²) in [5.74, 6) is 0. The smallest absolute Gasteiger partial charge is 0.178 e. The number of allylic oxidation sites excluding steroid dienone is 3. The molecule has 0 spiro atoms. The van der Waals surface area contributed by atoms with Gasteiger partial charge in [0.2, 0.25) is 0 Å². The van der Waals surface area contributed by atoms with E-state index in [0.29, 0.717) is 0 Å². The van der Waals surface area contributed by atoms with Gasteiger partial charge in [0.1, 0.15) is 5.69 Å². The van der Waals surface area contributed by atoms with Crippen LogP contribution in [0.2, 0.25) is 0 Å². The molecule has 4 heteroatoms. The minimum atomic E-state index is 0.866. The summed E-state index contributed by atoms with van der Waals surface area (Å²) < 4.78 is 0. The van der Waals surface area contributed by atoms with Crippen LogP contribution in [-0.4, -0.2) is 38.8 Å². The molecule has 0 aliphatic heterocycles. The summed E-state index contributed by atoms with van der Waals surface area (Å²) in [4.78, 5) is 9.91. The van der Waals surface area contributed by atoms with Crippen LogP contribution in [0.3, 0.4) is 0 Å². The fraction of sp³-hybridized carbons (Fsp3) is 0.312. The molecule has 0 bridgehead atoms. The van der Waals surface area contributed by atoms with Crippen LogP contribution in [0.4, 0.5) is 11.4 Å². The Bertz CT molecular complexity index is 583. The molecule has 1 aromatic carbocycles. The third kappa shape index (κ3) is 3.45. The van der Waals surface area contributed by atoms with E-state index in [2.05, 4.69) is 66.9 Å². The Morgan fingerprint density at radius 3 is 2.30 bits per heavy atom. The van der Waals surface area contributed by atoms with Crippen LogP contribution in [0.5, 0.6) is 0 Å². The number of aliphatic imine (C=N–C) groups is 1. The third-order valence-corrected chi connectivity index (χ3v) is 3.64. The summed E-state index contributed by atoms with van der Waals surface area (Å²) in [6, 6.07) is 6.21. The van der Waals surface area contributed by atoms with Crippen LogP contribution in [-0.2, 0) is 12.6 Å². The standard InChI is InChI=1S/C16H21N3S/c1-18(2)13-7-5-12(6-8-13)17-15-10-9-14(19(3)4)11-16(15)20/h5,7-11,20H,6H2,1-4H3/p+1. The second-order valence-electron chi connectivity index (χ2n) is 5.26. The first-order chi connectivity index (χ1) is 9.47. The quantitative estimate of drug-likeness (QED) is 0.796. The lowest BCUT2D eigenvalue weighted by Crippen LogP contribution is -2.12. The normalized spacial score (nSPS) is 16.2. The van der Waals surface area contributed by atoms with E-state index < -0.39 is 0 Å². The van der Waals surface area contributed by atoms with Crippen molar-refractivity contribution >= 4 is 29.7 Å². The first kappa shape index (κ1) is 14.7. The zero-order valence-corrected chi connectivity index (χ0v) is 13.5. The number of hydrogen-bond donors (Lipinski definition) is 0. The zero-order chi connectivity index (χ0) is 14.7. The molecule has 0 aromatic heterocycles. The molecule has 0 unspecified atom stereocenters. The Balaban J connectivity index is 2.19. The number of nitrogens with zero attached hydrogens (tertiary/aromatic N) is 3. The Labute approximate surface area is 126 Å². The van der Waals surface area contributed by atoms with Gasteiger partial charge < -0.3 is 9.80 Å². The Morgan fingerprint density at radius 2 is 1.80 bits per heavy atom. The Kier molecular flexibility index (Phi) is 4.55. The molecule has 0 heterocycles. The molecule has 106 valence electrons. The number of benzene rings is 1. The van der Waals surface area contributed by atoms with Crippen LogP contribution < -0.4 is 4.90 Å². The highest BCUT2D eigenvalue weighted by atomic mass is 32.1. The summed E-state index contributed by atoms with van der Waals surface area (Å²) in [6.07, 6.45) is 7.25. The lowest BCUT2D eigenvalue weighted by molar-refractivity contribution is 0.527. The number of rotatable bonds is 3. The van der Waals surface area contributed by atoms with Crippen molar-refractivity contribution < 1.29 is 0 Å². The molecule has 1 aliphatic carbocycles. The van der Waals surface area contributed by atoms with E-state index in [1.165, 1.54) is 5.70 Å². The molecule has 0 N–H and O–H groups in total. The Morgan fingerprint density at radius 1 is 1.05 bits per heavy atom. The molecule has 20 heavy (non-hydrogen) atoms. The lowest BCUT2D eigenvalue weighted by atomic mass is 10.1. The minimum Gasteiger partial charge on any atom is -0.378 e. The fourth-order valence-electron chi connectivity index (χ4n) is 2.00.